The maximum atomic E-state index is 5.55. The molecule has 0 fully saturated rings. The molecule has 0 amide bonds. The van der Waals surface area contributed by atoms with E-state index in [-0.39, 0.29) is 0 Å². The van der Waals surface area contributed by atoms with Crippen molar-refractivity contribution in [3.05, 3.63) is 23.3 Å². The van der Waals surface area contributed by atoms with Gasteiger partial charge in [-0.05, 0) is 29.2 Å². The van der Waals surface area contributed by atoms with Crippen LogP contribution in [0.3, 0.4) is 0 Å². The average molecular weight is 223 g/mol. The molecule has 0 aliphatic carbocycles. The Hall–Kier alpha value is -1.26. The molecule has 1 aromatic rings. The molecule has 0 unspecified atom stereocenters. The molecule has 2 N–H and O–H groups in total. The molecule has 1 aliphatic rings. The first-order valence-electron chi connectivity index (χ1n) is 5.46. The second-order valence-corrected chi connectivity index (χ2v) is 4.16. The van der Waals surface area contributed by atoms with E-state index in [0.717, 1.165) is 17.1 Å². The second kappa shape index (κ2) is 4.72. The lowest BCUT2D eigenvalue weighted by molar-refractivity contribution is 0.122. The Morgan fingerprint density at radius 1 is 1.25 bits per heavy atom. The van der Waals surface area contributed by atoms with Crippen molar-refractivity contribution in [3.8, 4) is 11.5 Å². The van der Waals surface area contributed by atoms with Gasteiger partial charge in [0.25, 0.3) is 0 Å². The van der Waals surface area contributed by atoms with Gasteiger partial charge in [-0.15, -0.1) is 0 Å². The predicted octanol–water partition coefficient (Wildman–Crippen LogP) is 1.97. The third-order valence-corrected chi connectivity index (χ3v) is 2.66. The van der Waals surface area contributed by atoms with E-state index in [0.29, 0.717) is 25.7 Å². The molecule has 0 saturated carbocycles. The maximum absolute atomic E-state index is 5.55. The molecule has 0 spiro atoms. The summed E-state index contributed by atoms with van der Waals surface area (Å²) in [7, 11) is 0. The summed E-state index contributed by atoms with van der Waals surface area (Å²) in [5.41, 5.74) is 2.25. The van der Waals surface area contributed by atoms with Gasteiger partial charge >= 0.3 is 0 Å². The van der Waals surface area contributed by atoms with Gasteiger partial charge in [-0.3, -0.25) is 4.84 Å². The normalized spacial score (nSPS) is 14.2. The lowest BCUT2D eigenvalue weighted by Gasteiger charge is -2.22. The van der Waals surface area contributed by atoms with E-state index in [2.05, 4.69) is 13.8 Å². The minimum atomic E-state index is 0.393. The Labute approximate surface area is 95.2 Å². The standard InChI is InChI=1S/C12H17NO3/c1-8(2)10-6-12-11(14-3-4-15-12)5-9(10)7-16-13/h5-6,8H,3-4,7,13H2,1-2H3. The Morgan fingerprint density at radius 2 is 1.88 bits per heavy atom. The van der Waals surface area contributed by atoms with Crippen LogP contribution in [0.15, 0.2) is 12.1 Å². The van der Waals surface area contributed by atoms with Crippen LogP contribution in [0.5, 0.6) is 11.5 Å². The zero-order chi connectivity index (χ0) is 11.5. The lowest BCUT2D eigenvalue weighted by atomic mass is 9.96. The fraction of sp³-hybridized carbons (Fsp3) is 0.500. The summed E-state index contributed by atoms with van der Waals surface area (Å²) in [6.07, 6.45) is 0. The van der Waals surface area contributed by atoms with Gasteiger partial charge in [0.15, 0.2) is 11.5 Å². The number of nitrogens with two attached hydrogens (primary N) is 1. The molecule has 1 aromatic carbocycles. The summed E-state index contributed by atoms with van der Waals surface area (Å²) in [5.74, 6) is 7.13. The molecule has 4 nitrogen and oxygen atoms in total. The minimum Gasteiger partial charge on any atom is -0.486 e. The fourth-order valence-corrected chi connectivity index (χ4v) is 1.90. The predicted molar refractivity (Wildman–Crippen MR) is 60.5 cm³/mol. The Kier molecular flexibility index (Phi) is 3.31. The molecule has 0 atom stereocenters. The van der Waals surface area contributed by atoms with Crippen molar-refractivity contribution < 1.29 is 14.3 Å². The van der Waals surface area contributed by atoms with E-state index in [4.69, 9.17) is 20.2 Å². The molecular formula is C12H17NO3. The van der Waals surface area contributed by atoms with Crippen LogP contribution in [0.1, 0.15) is 30.9 Å². The van der Waals surface area contributed by atoms with Crippen LogP contribution >= 0.6 is 0 Å². The summed E-state index contributed by atoms with van der Waals surface area (Å²) in [6.45, 7) is 5.86. The summed E-state index contributed by atoms with van der Waals surface area (Å²) in [4.78, 5) is 4.71. The third-order valence-electron chi connectivity index (χ3n) is 2.66. The van der Waals surface area contributed by atoms with Gasteiger partial charge in [0.1, 0.15) is 13.2 Å². The van der Waals surface area contributed by atoms with E-state index in [1.54, 1.807) is 0 Å². The number of fused-ring (bicyclic) bond motifs is 1. The highest BCUT2D eigenvalue weighted by molar-refractivity contribution is 5.49. The summed E-state index contributed by atoms with van der Waals surface area (Å²) in [6, 6.07) is 3.98. The van der Waals surface area contributed by atoms with Crippen LogP contribution in [0.25, 0.3) is 0 Å². The van der Waals surface area contributed by atoms with Crippen LogP contribution < -0.4 is 15.4 Å². The molecule has 4 heteroatoms. The third kappa shape index (κ3) is 2.13. The highest BCUT2D eigenvalue weighted by Gasteiger charge is 2.17. The van der Waals surface area contributed by atoms with Crippen molar-refractivity contribution in [2.45, 2.75) is 26.4 Å². The molecule has 0 radical (unpaired) electrons. The number of hydrogen-bond acceptors (Lipinski definition) is 4. The molecule has 2 rings (SSSR count). The van der Waals surface area contributed by atoms with Crippen molar-refractivity contribution in [1.29, 1.82) is 0 Å². The van der Waals surface area contributed by atoms with Crippen molar-refractivity contribution in [1.82, 2.24) is 0 Å². The second-order valence-electron chi connectivity index (χ2n) is 4.16. The minimum absolute atomic E-state index is 0.393. The number of benzene rings is 1. The monoisotopic (exact) mass is 223 g/mol. The van der Waals surface area contributed by atoms with Gasteiger partial charge in [0.05, 0.1) is 6.61 Å². The van der Waals surface area contributed by atoms with Crippen LogP contribution in [-0.4, -0.2) is 13.2 Å². The highest BCUT2D eigenvalue weighted by Crippen LogP contribution is 2.36. The van der Waals surface area contributed by atoms with E-state index in [1.165, 1.54) is 5.56 Å². The SMILES string of the molecule is CC(C)c1cc2c(cc1CON)OCCO2. The van der Waals surface area contributed by atoms with E-state index in [9.17, 15) is 0 Å². The molecule has 0 bridgehead atoms. The van der Waals surface area contributed by atoms with Gasteiger partial charge in [-0.1, -0.05) is 13.8 Å². The van der Waals surface area contributed by atoms with E-state index < -0.39 is 0 Å². The van der Waals surface area contributed by atoms with Crippen LogP contribution in [-0.2, 0) is 11.4 Å². The van der Waals surface area contributed by atoms with E-state index in [1.807, 2.05) is 12.1 Å². The van der Waals surface area contributed by atoms with Gasteiger partial charge in [0, 0.05) is 0 Å². The lowest BCUT2D eigenvalue weighted by Crippen LogP contribution is -2.16. The number of hydrogen-bond donors (Lipinski definition) is 1. The quantitative estimate of drug-likeness (QED) is 0.796. The molecule has 16 heavy (non-hydrogen) atoms. The van der Waals surface area contributed by atoms with Crippen molar-refractivity contribution >= 4 is 0 Å². The Morgan fingerprint density at radius 3 is 2.44 bits per heavy atom. The molecule has 1 heterocycles. The van der Waals surface area contributed by atoms with Gasteiger partial charge in [-0.25, -0.2) is 5.90 Å². The number of ether oxygens (including phenoxy) is 2. The highest BCUT2D eigenvalue weighted by atomic mass is 16.6. The van der Waals surface area contributed by atoms with Crippen LogP contribution in [0.2, 0.25) is 0 Å². The molecule has 88 valence electrons. The Bertz CT molecular complexity index is 377. The van der Waals surface area contributed by atoms with Crippen molar-refractivity contribution in [3.63, 3.8) is 0 Å². The summed E-state index contributed by atoms with van der Waals surface area (Å²) in [5, 5.41) is 0. The van der Waals surface area contributed by atoms with Crippen LogP contribution in [0.4, 0.5) is 0 Å². The summed E-state index contributed by atoms with van der Waals surface area (Å²) >= 11 is 0. The smallest absolute Gasteiger partial charge is 0.161 e. The first kappa shape index (κ1) is 11.2. The number of rotatable bonds is 3. The summed E-state index contributed by atoms with van der Waals surface area (Å²) < 4.78 is 11.1. The zero-order valence-corrected chi connectivity index (χ0v) is 9.66. The zero-order valence-electron chi connectivity index (χ0n) is 9.66. The molecule has 0 saturated heterocycles. The van der Waals surface area contributed by atoms with Gasteiger partial charge in [0.2, 0.25) is 0 Å². The molecular weight excluding hydrogens is 206 g/mol. The first-order valence-corrected chi connectivity index (χ1v) is 5.46. The average Bonchev–Trinajstić information content (AvgIpc) is 2.28. The Balaban J connectivity index is 2.41. The van der Waals surface area contributed by atoms with Crippen molar-refractivity contribution in [2.24, 2.45) is 5.90 Å². The topological polar surface area (TPSA) is 53.7 Å². The van der Waals surface area contributed by atoms with Gasteiger partial charge < -0.3 is 9.47 Å². The maximum Gasteiger partial charge on any atom is 0.161 e. The molecule has 1 aliphatic heterocycles. The van der Waals surface area contributed by atoms with E-state index >= 15 is 0 Å². The van der Waals surface area contributed by atoms with Crippen LogP contribution in [0, 0.1) is 0 Å². The first-order chi connectivity index (χ1) is 7.72. The largest absolute Gasteiger partial charge is 0.486 e. The van der Waals surface area contributed by atoms with Crippen molar-refractivity contribution in [2.75, 3.05) is 13.2 Å². The fourth-order valence-electron chi connectivity index (χ4n) is 1.90. The van der Waals surface area contributed by atoms with Gasteiger partial charge in [-0.2, -0.15) is 0 Å². The molecule has 0 aromatic heterocycles.